The van der Waals surface area contributed by atoms with E-state index in [1.165, 1.54) is 31.3 Å². The van der Waals surface area contributed by atoms with Gasteiger partial charge in [-0.2, -0.15) is 13.2 Å². The number of hydrogen-bond acceptors (Lipinski definition) is 5. The van der Waals surface area contributed by atoms with Crippen LogP contribution in [0.2, 0.25) is 0 Å². The summed E-state index contributed by atoms with van der Waals surface area (Å²) in [6, 6.07) is 17.0. The number of methoxy groups -OCH3 is 3. The van der Waals surface area contributed by atoms with E-state index < -0.39 is 17.8 Å². The molecule has 3 aromatic carbocycles. The van der Waals surface area contributed by atoms with Crippen molar-refractivity contribution in [2.45, 2.75) is 25.6 Å². The van der Waals surface area contributed by atoms with Gasteiger partial charge in [0.25, 0.3) is 0 Å². The largest absolute Gasteiger partial charge is 0.497 e. The summed E-state index contributed by atoms with van der Waals surface area (Å²) in [7, 11) is 4.55. The van der Waals surface area contributed by atoms with Crippen LogP contribution in [0, 0.1) is 0 Å². The smallest absolute Gasteiger partial charge is 0.416 e. The van der Waals surface area contributed by atoms with Crippen LogP contribution in [0.4, 0.5) is 23.7 Å². The van der Waals surface area contributed by atoms with Crippen molar-refractivity contribution in [3.05, 3.63) is 89.6 Å². The molecule has 0 bridgehead atoms. The molecular formula is C33H37F3N4O5. The Hall–Kier alpha value is -4.71. The molecule has 0 fully saturated rings. The molecule has 12 heteroatoms. The standard InChI is InChI=1S/C33H37F3N4O5/c1-43-16-6-14-40(32(42)38-26-17-27(44-2)19-28(18-26)45-3)22-31(41)39(21-23-9-11-25(12-10-23)33(34,35)36)15-13-24-20-37-30-8-5-4-7-29(24)30/h4-5,7-12,17-20,37H,6,13-16,21-22H2,1-3H3,(H,38,42). The molecule has 2 N–H and O–H groups in total. The van der Waals surface area contributed by atoms with Crippen molar-refractivity contribution < 1.29 is 37.0 Å². The molecule has 0 aliphatic carbocycles. The Bertz CT molecular complexity index is 1550. The molecule has 0 saturated carbocycles. The van der Waals surface area contributed by atoms with Crippen molar-refractivity contribution in [2.75, 3.05) is 52.9 Å². The third kappa shape index (κ3) is 9.15. The molecule has 45 heavy (non-hydrogen) atoms. The second-order valence-electron chi connectivity index (χ2n) is 10.4. The lowest BCUT2D eigenvalue weighted by atomic mass is 10.1. The van der Waals surface area contributed by atoms with Crippen molar-refractivity contribution in [1.29, 1.82) is 0 Å². The van der Waals surface area contributed by atoms with Gasteiger partial charge in [-0.1, -0.05) is 30.3 Å². The van der Waals surface area contributed by atoms with Crippen molar-refractivity contribution >= 4 is 28.5 Å². The summed E-state index contributed by atoms with van der Waals surface area (Å²) in [6.45, 7) is 0.692. The van der Waals surface area contributed by atoms with Gasteiger partial charge in [0.15, 0.2) is 0 Å². The van der Waals surface area contributed by atoms with Gasteiger partial charge < -0.3 is 34.3 Å². The topological polar surface area (TPSA) is 96.1 Å². The highest BCUT2D eigenvalue weighted by molar-refractivity contribution is 5.93. The van der Waals surface area contributed by atoms with Crippen LogP contribution in [-0.4, -0.2) is 74.3 Å². The zero-order chi connectivity index (χ0) is 32.4. The van der Waals surface area contributed by atoms with Gasteiger partial charge in [-0.3, -0.25) is 4.79 Å². The van der Waals surface area contributed by atoms with Crippen LogP contribution in [0.1, 0.15) is 23.1 Å². The van der Waals surface area contributed by atoms with Crippen molar-refractivity contribution in [3.63, 3.8) is 0 Å². The van der Waals surface area contributed by atoms with Crippen LogP contribution in [0.5, 0.6) is 11.5 Å². The van der Waals surface area contributed by atoms with E-state index in [0.717, 1.165) is 28.6 Å². The van der Waals surface area contributed by atoms with E-state index in [-0.39, 0.29) is 32.1 Å². The van der Waals surface area contributed by atoms with Crippen molar-refractivity contribution in [1.82, 2.24) is 14.8 Å². The molecule has 0 saturated heterocycles. The van der Waals surface area contributed by atoms with Crippen LogP contribution in [0.3, 0.4) is 0 Å². The molecule has 1 aromatic heterocycles. The number of anilines is 1. The lowest BCUT2D eigenvalue weighted by molar-refractivity contribution is -0.137. The number of hydrogen-bond donors (Lipinski definition) is 2. The summed E-state index contributed by atoms with van der Waals surface area (Å²) in [5.41, 5.74) is 2.15. The van der Waals surface area contributed by atoms with Gasteiger partial charge in [0, 0.05) is 74.3 Å². The number of urea groups is 1. The van der Waals surface area contributed by atoms with E-state index in [2.05, 4.69) is 10.3 Å². The number of nitrogens with zero attached hydrogens (tertiary/aromatic N) is 2. The van der Waals surface area contributed by atoms with E-state index in [4.69, 9.17) is 14.2 Å². The first kappa shape index (κ1) is 33.2. The lowest BCUT2D eigenvalue weighted by Crippen LogP contribution is -2.45. The molecule has 0 radical (unpaired) electrons. The molecular weight excluding hydrogens is 589 g/mol. The Balaban J connectivity index is 1.55. The second kappa shape index (κ2) is 15.3. The number of aromatic nitrogens is 1. The highest BCUT2D eigenvalue weighted by Gasteiger charge is 2.30. The molecule has 4 aromatic rings. The van der Waals surface area contributed by atoms with Crippen LogP contribution in [0.25, 0.3) is 10.9 Å². The maximum atomic E-state index is 13.8. The zero-order valence-corrected chi connectivity index (χ0v) is 25.4. The fraction of sp³-hybridized carbons (Fsp3) is 0.333. The highest BCUT2D eigenvalue weighted by atomic mass is 19.4. The predicted octanol–water partition coefficient (Wildman–Crippen LogP) is 6.35. The third-order valence-electron chi connectivity index (χ3n) is 7.33. The average molecular weight is 627 g/mol. The van der Waals surface area contributed by atoms with Crippen LogP contribution in [-0.2, 0) is 28.7 Å². The zero-order valence-electron chi connectivity index (χ0n) is 25.4. The number of fused-ring (bicyclic) bond motifs is 1. The van der Waals surface area contributed by atoms with Crippen molar-refractivity contribution in [2.24, 2.45) is 0 Å². The number of para-hydroxylation sites is 1. The number of rotatable bonds is 14. The quantitative estimate of drug-likeness (QED) is 0.159. The summed E-state index contributed by atoms with van der Waals surface area (Å²) in [4.78, 5) is 33.5. The fourth-order valence-electron chi connectivity index (χ4n) is 4.90. The molecule has 4 rings (SSSR count). The van der Waals surface area contributed by atoms with E-state index >= 15 is 0 Å². The third-order valence-corrected chi connectivity index (χ3v) is 7.33. The minimum atomic E-state index is -4.47. The molecule has 0 atom stereocenters. The Morgan fingerprint density at radius 1 is 0.889 bits per heavy atom. The summed E-state index contributed by atoms with van der Waals surface area (Å²) < 4.78 is 55.3. The van der Waals surface area contributed by atoms with Crippen molar-refractivity contribution in [3.8, 4) is 11.5 Å². The monoisotopic (exact) mass is 626 g/mol. The number of H-pyrrole nitrogens is 1. The summed E-state index contributed by atoms with van der Waals surface area (Å²) in [6.07, 6.45) is -1.60. The van der Waals surface area contributed by atoms with E-state index in [1.54, 1.807) is 30.2 Å². The van der Waals surface area contributed by atoms with Gasteiger partial charge in [-0.15, -0.1) is 0 Å². The van der Waals surface area contributed by atoms with E-state index in [9.17, 15) is 22.8 Å². The fourth-order valence-corrected chi connectivity index (χ4v) is 4.90. The van der Waals surface area contributed by atoms with Gasteiger partial charge in [0.05, 0.1) is 19.8 Å². The van der Waals surface area contributed by atoms with Crippen LogP contribution < -0.4 is 14.8 Å². The number of halogens is 3. The first-order chi connectivity index (χ1) is 21.6. The lowest BCUT2D eigenvalue weighted by Gasteiger charge is -2.28. The Morgan fingerprint density at radius 3 is 2.22 bits per heavy atom. The van der Waals surface area contributed by atoms with Gasteiger partial charge in [-0.05, 0) is 42.2 Å². The molecule has 0 spiro atoms. The summed E-state index contributed by atoms with van der Waals surface area (Å²) in [5.74, 6) is 0.601. The van der Waals surface area contributed by atoms with Crippen LogP contribution in [0.15, 0.2) is 72.9 Å². The Kier molecular flexibility index (Phi) is 11.3. The number of alkyl halides is 3. The minimum absolute atomic E-state index is 0.0694. The van der Waals surface area contributed by atoms with Gasteiger partial charge in [-0.25, -0.2) is 4.79 Å². The Labute approximate surface area is 259 Å². The molecule has 0 unspecified atom stereocenters. The molecule has 240 valence electrons. The van der Waals surface area contributed by atoms with Gasteiger partial charge in [0.1, 0.15) is 18.0 Å². The SMILES string of the molecule is COCCCN(CC(=O)N(CCc1c[nH]c2ccccc12)Cc1ccc(C(F)(F)F)cc1)C(=O)Nc1cc(OC)cc(OC)c1. The second-order valence-corrected chi connectivity index (χ2v) is 10.4. The van der Waals surface area contributed by atoms with E-state index in [1.807, 2.05) is 30.5 Å². The summed E-state index contributed by atoms with van der Waals surface area (Å²) >= 11 is 0. The number of aromatic amines is 1. The van der Waals surface area contributed by atoms with Crippen LogP contribution >= 0.6 is 0 Å². The molecule has 9 nitrogen and oxygen atoms in total. The number of carbonyl (C=O) groups is 2. The first-order valence-corrected chi connectivity index (χ1v) is 14.4. The number of amides is 3. The summed E-state index contributed by atoms with van der Waals surface area (Å²) in [5, 5.41) is 3.83. The predicted molar refractivity (Wildman–Crippen MR) is 165 cm³/mol. The maximum absolute atomic E-state index is 13.8. The Morgan fingerprint density at radius 2 is 1.58 bits per heavy atom. The van der Waals surface area contributed by atoms with Gasteiger partial charge >= 0.3 is 12.2 Å². The number of nitrogens with one attached hydrogen (secondary N) is 2. The minimum Gasteiger partial charge on any atom is -0.497 e. The molecule has 0 aliphatic rings. The normalized spacial score (nSPS) is 11.3. The highest BCUT2D eigenvalue weighted by Crippen LogP contribution is 2.29. The maximum Gasteiger partial charge on any atom is 0.416 e. The van der Waals surface area contributed by atoms with Gasteiger partial charge in [0.2, 0.25) is 5.91 Å². The number of carbonyl (C=O) groups excluding carboxylic acids is 2. The number of benzene rings is 3. The average Bonchev–Trinajstić information content (AvgIpc) is 3.45. The first-order valence-electron chi connectivity index (χ1n) is 14.4. The van der Waals surface area contributed by atoms with E-state index in [0.29, 0.717) is 42.2 Å². The molecule has 3 amide bonds. The molecule has 1 heterocycles. The number of ether oxygens (including phenoxy) is 3. The molecule has 0 aliphatic heterocycles.